The molecule has 0 unspecified atom stereocenters. The predicted octanol–water partition coefficient (Wildman–Crippen LogP) is 3.74. The second-order valence-electron chi connectivity index (χ2n) is 6.20. The fraction of sp³-hybridized carbons (Fsp3) is 0.333. The van der Waals surface area contributed by atoms with Crippen LogP contribution in [0.2, 0.25) is 0 Å². The Balaban J connectivity index is 3.20. The number of likely N-dealkylation sites (N-methyl/N-ethyl adjacent to an activating group) is 1. The van der Waals surface area contributed by atoms with E-state index >= 15 is 0 Å². The molecule has 0 saturated heterocycles. The van der Waals surface area contributed by atoms with Gasteiger partial charge in [0.05, 0.1) is 11.3 Å². The van der Waals surface area contributed by atoms with Gasteiger partial charge in [0.1, 0.15) is 5.60 Å². The monoisotopic (exact) mass is 333 g/mol. The van der Waals surface area contributed by atoms with Crippen LogP contribution in [0.3, 0.4) is 0 Å². The summed E-state index contributed by atoms with van der Waals surface area (Å²) in [4.78, 5) is 13.3. The van der Waals surface area contributed by atoms with Gasteiger partial charge in [0.25, 0.3) is 0 Å². The maximum absolute atomic E-state index is 11.5. The van der Waals surface area contributed by atoms with Crippen LogP contribution in [0.25, 0.3) is 5.57 Å². The van der Waals surface area contributed by atoms with Gasteiger partial charge in [-0.15, -0.1) is 0 Å². The first-order valence-electron chi connectivity index (χ1n) is 7.23. The van der Waals surface area contributed by atoms with Gasteiger partial charge in [0.15, 0.2) is 0 Å². The van der Waals surface area contributed by atoms with Crippen LogP contribution in [0.4, 0.5) is 0 Å². The van der Waals surface area contributed by atoms with Gasteiger partial charge in [-0.25, -0.2) is 4.79 Å². The summed E-state index contributed by atoms with van der Waals surface area (Å²) in [5.74, 6) is -0.992. The molecule has 0 aliphatic heterocycles. The molecule has 1 rings (SSSR count). The smallest absolute Gasteiger partial charge is 0.336 e. The Morgan fingerprint density at radius 1 is 1.17 bits per heavy atom. The number of hydrogen-bond donors (Lipinski definition) is 1. The van der Waals surface area contributed by atoms with Crippen LogP contribution in [0.5, 0.6) is 0 Å². The van der Waals surface area contributed by atoms with E-state index in [2.05, 4.69) is 0 Å². The van der Waals surface area contributed by atoms with Gasteiger partial charge in [-0.1, -0.05) is 30.3 Å². The fourth-order valence-corrected chi connectivity index (χ4v) is 2.30. The molecule has 1 N–H and O–H groups in total. The highest BCUT2D eigenvalue weighted by Gasteiger charge is 2.18. The third-order valence-electron chi connectivity index (χ3n) is 2.81. The molecule has 0 bridgehead atoms. The number of rotatable bonds is 5. The summed E-state index contributed by atoms with van der Waals surface area (Å²) in [6.07, 6.45) is 3.22. The molecule has 0 fully saturated rings. The third kappa shape index (κ3) is 6.24. The van der Waals surface area contributed by atoms with Gasteiger partial charge in [0.2, 0.25) is 5.05 Å². The van der Waals surface area contributed by atoms with E-state index in [9.17, 15) is 9.90 Å². The summed E-state index contributed by atoms with van der Waals surface area (Å²) in [6, 6.07) is 8.96. The van der Waals surface area contributed by atoms with E-state index in [0.717, 1.165) is 0 Å². The summed E-state index contributed by atoms with van der Waals surface area (Å²) in [7, 11) is 3.67. The fourth-order valence-electron chi connectivity index (χ4n) is 1.80. The SMILES string of the molecule is CN(C)C(=CC=C(C(=O)O)c1ccccc1)C(=S)OC(C)(C)C. The van der Waals surface area contributed by atoms with Crippen LogP contribution < -0.4 is 0 Å². The number of carbonyl (C=O) groups is 1. The molecule has 124 valence electrons. The highest BCUT2D eigenvalue weighted by molar-refractivity contribution is 7.80. The standard InChI is InChI=1S/C18H23NO3S/c1-18(2,3)22-17(23)15(19(4)5)12-11-14(16(20)21)13-9-7-6-8-10-13/h6-12H,1-5H3,(H,20,21). The molecule has 0 saturated carbocycles. The molecule has 0 aliphatic rings. The lowest BCUT2D eigenvalue weighted by Crippen LogP contribution is -2.28. The summed E-state index contributed by atoms with van der Waals surface area (Å²) >= 11 is 5.33. The molecule has 5 heteroatoms. The zero-order valence-corrected chi connectivity index (χ0v) is 15.0. The zero-order valence-electron chi connectivity index (χ0n) is 14.2. The number of benzene rings is 1. The van der Waals surface area contributed by atoms with Crippen molar-refractivity contribution in [2.45, 2.75) is 26.4 Å². The predicted molar refractivity (Wildman–Crippen MR) is 97.3 cm³/mol. The summed E-state index contributed by atoms with van der Waals surface area (Å²) in [5, 5.41) is 9.76. The molecule has 0 aliphatic carbocycles. The number of nitrogens with zero attached hydrogens (tertiary/aromatic N) is 1. The Labute approximate surface area is 143 Å². The van der Waals surface area contributed by atoms with Gasteiger partial charge in [-0.3, -0.25) is 0 Å². The van der Waals surface area contributed by atoms with Crippen molar-refractivity contribution in [2.24, 2.45) is 0 Å². The summed E-state index contributed by atoms with van der Waals surface area (Å²) < 4.78 is 5.70. The van der Waals surface area contributed by atoms with Crippen LogP contribution in [0, 0.1) is 0 Å². The molecular formula is C18H23NO3S. The maximum atomic E-state index is 11.5. The number of aliphatic carboxylic acids is 1. The molecule has 23 heavy (non-hydrogen) atoms. The van der Waals surface area contributed by atoms with Gasteiger partial charge in [-0.05, 0) is 50.7 Å². The minimum atomic E-state index is -0.992. The van der Waals surface area contributed by atoms with Crippen molar-refractivity contribution in [3.8, 4) is 0 Å². The Morgan fingerprint density at radius 3 is 2.17 bits per heavy atom. The van der Waals surface area contributed by atoms with Crippen molar-refractivity contribution in [1.82, 2.24) is 4.90 Å². The van der Waals surface area contributed by atoms with Crippen LogP contribution in [0.15, 0.2) is 48.2 Å². The van der Waals surface area contributed by atoms with E-state index in [1.165, 1.54) is 0 Å². The summed E-state index contributed by atoms with van der Waals surface area (Å²) in [6.45, 7) is 5.74. The molecule has 0 radical (unpaired) electrons. The van der Waals surface area contributed by atoms with Crippen LogP contribution in [-0.2, 0) is 9.53 Å². The average molecular weight is 333 g/mol. The van der Waals surface area contributed by atoms with Crippen LogP contribution in [-0.4, -0.2) is 40.7 Å². The van der Waals surface area contributed by atoms with Gasteiger partial charge >= 0.3 is 5.97 Å². The summed E-state index contributed by atoms with van der Waals surface area (Å²) in [5.41, 5.74) is 1.07. The van der Waals surface area contributed by atoms with Crippen molar-refractivity contribution in [3.05, 3.63) is 53.7 Å². The lowest BCUT2D eigenvalue weighted by Gasteiger charge is -2.25. The second kappa shape index (κ2) is 7.92. The number of hydrogen-bond acceptors (Lipinski definition) is 4. The Bertz CT molecular complexity index is 625. The number of thiocarbonyl (C=S) groups is 1. The normalized spacial score (nSPS) is 12.7. The number of carboxylic acid groups (broad SMARTS) is 1. The number of carboxylic acids is 1. The van der Waals surface area contributed by atoms with Gasteiger partial charge in [0, 0.05) is 14.1 Å². The molecule has 0 aromatic heterocycles. The largest absolute Gasteiger partial charge is 0.478 e. The topological polar surface area (TPSA) is 49.8 Å². The van der Waals surface area contributed by atoms with Crippen molar-refractivity contribution < 1.29 is 14.6 Å². The lowest BCUT2D eigenvalue weighted by atomic mass is 10.1. The van der Waals surface area contributed by atoms with E-state index in [4.69, 9.17) is 17.0 Å². The molecule has 0 atom stereocenters. The minimum Gasteiger partial charge on any atom is -0.478 e. The van der Waals surface area contributed by atoms with Crippen molar-refractivity contribution in [2.75, 3.05) is 14.1 Å². The molecule has 1 aromatic carbocycles. The van der Waals surface area contributed by atoms with Gasteiger partial charge in [-0.2, -0.15) is 0 Å². The van der Waals surface area contributed by atoms with E-state index in [1.54, 1.807) is 41.3 Å². The second-order valence-corrected chi connectivity index (χ2v) is 6.57. The van der Waals surface area contributed by atoms with Crippen molar-refractivity contribution in [3.63, 3.8) is 0 Å². The Kier molecular flexibility index (Phi) is 6.51. The van der Waals surface area contributed by atoms with Crippen molar-refractivity contribution in [1.29, 1.82) is 0 Å². The molecular weight excluding hydrogens is 310 g/mol. The molecule has 0 heterocycles. The minimum absolute atomic E-state index is 0.198. The maximum Gasteiger partial charge on any atom is 0.336 e. The van der Waals surface area contributed by atoms with Crippen LogP contribution in [0.1, 0.15) is 26.3 Å². The number of ether oxygens (including phenoxy) is 1. The van der Waals surface area contributed by atoms with E-state index in [1.807, 2.05) is 40.9 Å². The molecule has 0 spiro atoms. The first-order valence-corrected chi connectivity index (χ1v) is 7.64. The van der Waals surface area contributed by atoms with Crippen LogP contribution >= 0.6 is 12.2 Å². The molecule has 1 aromatic rings. The average Bonchev–Trinajstić information content (AvgIpc) is 2.41. The van der Waals surface area contributed by atoms with Crippen molar-refractivity contribution >= 4 is 28.8 Å². The lowest BCUT2D eigenvalue weighted by molar-refractivity contribution is -0.130. The zero-order chi connectivity index (χ0) is 17.6. The number of allylic oxidation sites excluding steroid dienone is 2. The highest BCUT2D eigenvalue weighted by Crippen LogP contribution is 2.17. The molecule has 0 amide bonds. The quantitative estimate of drug-likeness (QED) is 0.505. The van der Waals surface area contributed by atoms with E-state index in [-0.39, 0.29) is 5.57 Å². The first kappa shape index (κ1) is 18.9. The van der Waals surface area contributed by atoms with E-state index in [0.29, 0.717) is 16.3 Å². The molecule has 4 nitrogen and oxygen atoms in total. The van der Waals surface area contributed by atoms with Gasteiger partial charge < -0.3 is 14.7 Å². The van der Waals surface area contributed by atoms with E-state index < -0.39 is 11.6 Å². The highest BCUT2D eigenvalue weighted by atomic mass is 32.1. The third-order valence-corrected chi connectivity index (χ3v) is 3.11. The first-order chi connectivity index (χ1) is 10.6. The Hall–Kier alpha value is -2.14. The Morgan fingerprint density at radius 2 is 1.74 bits per heavy atom.